The van der Waals surface area contributed by atoms with Gasteiger partial charge in [-0.2, -0.15) is 5.10 Å². The molecule has 2 aromatic heterocycles. The summed E-state index contributed by atoms with van der Waals surface area (Å²) in [5, 5.41) is 4.27. The van der Waals surface area contributed by atoms with E-state index in [1.807, 2.05) is 29.0 Å². The van der Waals surface area contributed by atoms with E-state index in [0.717, 1.165) is 6.42 Å². The molecule has 2 aromatic rings. The molecule has 0 bridgehead atoms. The highest BCUT2D eigenvalue weighted by Crippen LogP contribution is 2.14. The van der Waals surface area contributed by atoms with E-state index in [2.05, 4.69) is 34.0 Å². The van der Waals surface area contributed by atoms with E-state index >= 15 is 0 Å². The van der Waals surface area contributed by atoms with Gasteiger partial charge in [0.25, 0.3) is 0 Å². The lowest BCUT2D eigenvalue weighted by Crippen LogP contribution is -1.95. The maximum atomic E-state index is 4.27. The highest BCUT2D eigenvalue weighted by Gasteiger charge is 2.05. The minimum Gasteiger partial charge on any atom is -0.241 e. The molecule has 0 fully saturated rings. The molecule has 2 rings (SSSR count). The topological polar surface area (TPSA) is 17.3 Å². The van der Waals surface area contributed by atoms with Gasteiger partial charge in [0.2, 0.25) is 0 Å². The Kier molecular flexibility index (Phi) is 2.36. The maximum Gasteiger partial charge on any atom is 0.0693 e. The molecule has 2 nitrogen and oxygen atoms in total. The molecule has 1 unspecified atom stereocenters. The molecule has 0 radical (unpaired) electrons. The van der Waals surface area contributed by atoms with Crippen molar-refractivity contribution in [1.82, 2.24) is 9.61 Å². The van der Waals surface area contributed by atoms with Crippen molar-refractivity contribution < 1.29 is 0 Å². The number of hydrogen-bond acceptors (Lipinski definition) is 1. The second-order valence-corrected chi connectivity index (χ2v) is 4.75. The first-order valence-corrected chi connectivity index (χ1v) is 5.24. The van der Waals surface area contributed by atoms with Crippen molar-refractivity contribution >= 4 is 21.4 Å². The summed E-state index contributed by atoms with van der Waals surface area (Å²) < 4.78 is 1.91. The molecule has 0 spiro atoms. The van der Waals surface area contributed by atoms with E-state index < -0.39 is 0 Å². The zero-order valence-corrected chi connectivity index (χ0v) is 9.03. The van der Waals surface area contributed by atoms with Crippen molar-refractivity contribution in [2.45, 2.75) is 18.2 Å². The molecule has 0 aliphatic heterocycles. The van der Waals surface area contributed by atoms with Crippen LogP contribution < -0.4 is 0 Å². The lowest BCUT2D eigenvalue weighted by atomic mass is 10.2. The molecule has 13 heavy (non-hydrogen) atoms. The minimum atomic E-state index is 0.501. The van der Waals surface area contributed by atoms with Gasteiger partial charge in [-0.3, -0.25) is 0 Å². The Morgan fingerprint density at radius 2 is 2.38 bits per heavy atom. The number of rotatable bonds is 2. The van der Waals surface area contributed by atoms with Crippen LogP contribution in [-0.4, -0.2) is 14.4 Å². The summed E-state index contributed by atoms with van der Waals surface area (Å²) in [5.74, 6) is 0. The molecule has 0 saturated carbocycles. The summed E-state index contributed by atoms with van der Waals surface area (Å²) in [5.41, 5.74) is 2.50. The third kappa shape index (κ3) is 1.75. The van der Waals surface area contributed by atoms with Crippen molar-refractivity contribution in [1.29, 1.82) is 0 Å². The molecule has 0 N–H and O–H groups in total. The molecule has 0 aliphatic rings. The second kappa shape index (κ2) is 3.50. The van der Waals surface area contributed by atoms with Gasteiger partial charge in [-0.25, -0.2) is 4.52 Å². The second-order valence-electron chi connectivity index (χ2n) is 3.19. The van der Waals surface area contributed by atoms with Crippen molar-refractivity contribution in [2.24, 2.45) is 0 Å². The molecule has 0 amide bonds. The molecule has 0 saturated heterocycles. The van der Waals surface area contributed by atoms with Crippen LogP contribution in [0.2, 0.25) is 0 Å². The summed E-state index contributed by atoms with van der Waals surface area (Å²) in [6.07, 6.45) is 4.93. The van der Waals surface area contributed by atoms with Crippen LogP contribution in [0.5, 0.6) is 0 Å². The van der Waals surface area contributed by atoms with Crippen LogP contribution in [0, 0.1) is 0 Å². The molecule has 3 heteroatoms. The Hall–Kier alpha value is -0.830. The van der Waals surface area contributed by atoms with Crippen LogP contribution in [0.1, 0.15) is 12.5 Å². The van der Waals surface area contributed by atoms with Gasteiger partial charge in [0.05, 0.1) is 11.7 Å². The molecule has 0 aliphatic carbocycles. The number of alkyl halides is 1. The van der Waals surface area contributed by atoms with Crippen LogP contribution in [0.3, 0.4) is 0 Å². The van der Waals surface area contributed by atoms with Gasteiger partial charge in [-0.15, -0.1) is 0 Å². The Bertz CT molecular complexity index is 406. The summed E-state index contributed by atoms with van der Waals surface area (Å²) in [4.78, 5) is 0.501. The Labute approximate surface area is 85.7 Å². The van der Waals surface area contributed by atoms with Gasteiger partial charge in [0, 0.05) is 11.0 Å². The average molecular weight is 239 g/mol. The Balaban J connectivity index is 2.46. The summed E-state index contributed by atoms with van der Waals surface area (Å²) in [6, 6.07) is 6.12. The van der Waals surface area contributed by atoms with Crippen molar-refractivity contribution in [3.8, 4) is 0 Å². The molecule has 68 valence electrons. The van der Waals surface area contributed by atoms with Gasteiger partial charge < -0.3 is 0 Å². The fraction of sp³-hybridized carbons (Fsp3) is 0.300. The normalized spacial score (nSPS) is 13.4. The molecule has 2 heterocycles. The van der Waals surface area contributed by atoms with Gasteiger partial charge in [-0.05, 0) is 24.1 Å². The van der Waals surface area contributed by atoms with Crippen molar-refractivity contribution in [3.63, 3.8) is 0 Å². The predicted molar refractivity (Wildman–Crippen MR) is 57.3 cm³/mol. The Morgan fingerprint density at radius 1 is 1.54 bits per heavy atom. The zero-order valence-electron chi connectivity index (χ0n) is 7.44. The van der Waals surface area contributed by atoms with Crippen LogP contribution in [0.4, 0.5) is 0 Å². The number of hydrogen-bond donors (Lipinski definition) is 0. The smallest absolute Gasteiger partial charge is 0.0693 e. The van der Waals surface area contributed by atoms with E-state index in [0.29, 0.717) is 4.83 Å². The van der Waals surface area contributed by atoms with Gasteiger partial charge in [0.1, 0.15) is 0 Å². The monoisotopic (exact) mass is 238 g/mol. The SMILES string of the molecule is CC(Br)Cc1cnn2ccccc12. The van der Waals surface area contributed by atoms with Crippen molar-refractivity contribution in [2.75, 3.05) is 0 Å². The number of aromatic nitrogens is 2. The average Bonchev–Trinajstić information content (AvgIpc) is 2.48. The first-order valence-electron chi connectivity index (χ1n) is 4.32. The summed E-state index contributed by atoms with van der Waals surface area (Å²) >= 11 is 3.54. The third-order valence-corrected chi connectivity index (χ3v) is 2.33. The first-order chi connectivity index (χ1) is 6.27. The molecule has 1 atom stereocenters. The fourth-order valence-electron chi connectivity index (χ4n) is 1.45. The largest absolute Gasteiger partial charge is 0.241 e. The fourth-order valence-corrected chi connectivity index (χ4v) is 1.80. The summed E-state index contributed by atoms with van der Waals surface area (Å²) in [6.45, 7) is 2.15. The van der Waals surface area contributed by atoms with Crippen molar-refractivity contribution in [3.05, 3.63) is 36.2 Å². The highest BCUT2D eigenvalue weighted by molar-refractivity contribution is 9.09. The lowest BCUT2D eigenvalue weighted by molar-refractivity contribution is 0.960. The third-order valence-electron chi connectivity index (χ3n) is 2.01. The number of halogens is 1. The van der Waals surface area contributed by atoms with Crippen LogP contribution in [-0.2, 0) is 6.42 Å². The number of fused-ring (bicyclic) bond motifs is 1. The zero-order chi connectivity index (χ0) is 9.26. The van der Waals surface area contributed by atoms with E-state index in [1.165, 1.54) is 11.1 Å². The molecular formula is C10H11BrN2. The van der Waals surface area contributed by atoms with Gasteiger partial charge in [0.15, 0.2) is 0 Å². The molecule has 0 aromatic carbocycles. The van der Waals surface area contributed by atoms with E-state index in [-0.39, 0.29) is 0 Å². The summed E-state index contributed by atoms with van der Waals surface area (Å²) in [7, 11) is 0. The first kappa shape index (κ1) is 8.75. The van der Waals surface area contributed by atoms with Crippen LogP contribution in [0.25, 0.3) is 5.52 Å². The quantitative estimate of drug-likeness (QED) is 0.736. The standard InChI is InChI=1S/C10H11BrN2/c1-8(11)6-9-7-12-13-5-3-2-4-10(9)13/h2-5,7-8H,6H2,1H3. The lowest BCUT2D eigenvalue weighted by Gasteiger charge is -2.00. The van der Waals surface area contributed by atoms with E-state index in [1.54, 1.807) is 0 Å². The predicted octanol–water partition coefficient (Wildman–Crippen LogP) is 2.66. The minimum absolute atomic E-state index is 0.501. The Morgan fingerprint density at radius 3 is 3.15 bits per heavy atom. The van der Waals surface area contributed by atoms with Crippen LogP contribution in [0.15, 0.2) is 30.6 Å². The highest BCUT2D eigenvalue weighted by atomic mass is 79.9. The molecular weight excluding hydrogens is 228 g/mol. The van der Waals surface area contributed by atoms with E-state index in [9.17, 15) is 0 Å². The van der Waals surface area contributed by atoms with E-state index in [4.69, 9.17) is 0 Å². The maximum absolute atomic E-state index is 4.27. The van der Waals surface area contributed by atoms with Crippen LogP contribution >= 0.6 is 15.9 Å². The van der Waals surface area contributed by atoms with Gasteiger partial charge in [-0.1, -0.05) is 28.9 Å². The van der Waals surface area contributed by atoms with Gasteiger partial charge >= 0.3 is 0 Å². The number of nitrogens with zero attached hydrogens (tertiary/aromatic N) is 2. The number of pyridine rings is 1.